The van der Waals surface area contributed by atoms with E-state index >= 15 is 0 Å². The van der Waals surface area contributed by atoms with Crippen molar-refractivity contribution in [2.24, 2.45) is 11.3 Å². The summed E-state index contributed by atoms with van der Waals surface area (Å²) in [7, 11) is 0. The van der Waals surface area contributed by atoms with Crippen LogP contribution in [0.1, 0.15) is 32.6 Å². The molecule has 0 aliphatic heterocycles. The average molecular weight is 152 g/mol. The van der Waals surface area contributed by atoms with E-state index in [-0.39, 0.29) is 6.10 Å². The molecule has 0 spiro atoms. The van der Waals surface area contributed by atoms with Gasteiger partial charge in [0, 0.05) is 0 Å². The van der Waals surface area contributed by atoms with Crippen LogP contribution in [0.2, 0.25) is 0 Å². The van der Waals surface area contributed by atoms with Crippen molar-refractivity contribution in [1.82, 2.24) is 0 Å². The number of rotatable bonds is 0. The second-order valence-corrected chi connectivity index (χ2v) is 4.28. The van der Waals surface area contributed by atoms with E-state index in [9.17, 15) is 5.11 Å². The Bertz CT molecular complexity index is 185. The van der Waals surface area contributed by atoms with Gasteiger partial charge in [0.05, 0.1) is 6.10 Å². The van der Waals surface area contributed by atoms with Crippen LogP contribution in [0.4, 0.5) is 0 Å². The third-order valence-electron chi connectivity index (χ3n) is 3.49. The maximum atomic E-state index is 9.66. The second kappa shape index (κ2) is 2.34. The molecule has 62 valence electrons. The standard InChI is InChI=1S/C10H16O/c1-10-6-2-4-8(10)9(11)5-3-7-10/h3,5,8-9,11H,2,4,6-7H2,1H3/t8-,9-,10-/m0/s1. The summed E-state index contributed by atoms with van der Waals surface area (Å²) in [5.41, 5.74) is 0.425. The molecule has 1 nitrogen and oxygen atoms in total. The van der Waals surface area contributed by atoms with E-state index in [4.69, 9.17) is 0 Å². The first-order valence-electron chi connectivity index (χ1n) is 4.57. The first-order valence-corrected chi connectivity index (χ1v) is 4.57. The Labute approximate surface area is 68.1 Å². The van der Waals surface area contributed by atoms with E-state index < -0.39 is 0 Å². The molecule has 3 atom stereocenters. The van der Waals surface area contributed by atoms with E-state index in [1.165, 1.54) is 25.7 Å². The zero-order chi connectivity index (χ0) is 7.90. The van der Waals surface area contributed by atoms with E-state index in [1.807, 2.05) is 6.08 Å². The molecule has 0 aromatic carbocycles. The average Bonchev–Trinajstić information content (AvgIpc) is 2.31. The zero-order valence-electron chi connectivity index (χ0n) is 7.09. The highest BCUT2D eigenvalue weighted by atomic mass is 16.3. The van der Waals surface area contributed by atoms with Crippen LogP contribution in [0.15, 0.2) is 12.2 Å². The summed E-state index contributed by atoms with van der Waals surface area (Å²) < 4.78 is 0. The quantitative estimate of drug-likeness (QED) is 0.527. The fraction of sp³-hybridized carbons (Fsp3) is 0.800. The molecule has 11 heavy (non-hydrogen) atoms. The van der Waals surface area contributed by atoms with Gasteiger partial charge < -0.3 is 5.11 Å². The molecule has 1 saturated carbocycles. The van der Waals surface area contributed by atoms with Crippen molar-refractivity contribution in [3.63, 3.8) is 0 Å². The lowest BCUT2D eigenvalue weighted by molar-refractivity contribution is 0.0699. The number of allylic oxidation sites excluding steroid dienone is 1. The van der Waals surface area contributed by atoms with Gasteiger partial charge in [-0.3, -0.25) is 0 Å². The summed E-state index contributed by atoms with van der Waals surface area (Å²) in [6.45, 7) is 2.32. The van der Waals surface area contributed by atoms with Crippen molar-refractivity contribution < 1.29 is 5.11 Å². The van der Waals surface area contributed by atoms with Gasteiger partial charge in [-0.1, -0.05) is 25.5 Å². The molecule has 0 amide bonds. The van der Waals surface area contributed by atoms with Gasteiger partial charge in [0.1, 0.15) is 0 Å². The molecule has 2 aliphatic carbocycles. The molecule has 0 aromatic heterocycles. The van der Waals surface area contributed by atoms with Crippen molar-refractivity contribution in [2.75, 3.05) is 0 Å². The van der Waals surface area contributed by atoms with E-state index in [0.717, 1.165) is 0 Å². The summed E-state index contributed by atoms with van der Waals surface area (Å²) in [5, 5.41) is 9.66. The van der Waals surface area contributed by atoms with Crippen LogP contribution < -0.4 is 0 Å². The third-order valence-corrected chi connectivity index (χ3v) is 3.49. The Morgan fingerprint density at radius 1 is 1.55 bits per heavy atom. The first-order chi connectivity index (χ1) is 5.22. The Kier molecular flexibility index (Phi) is 1.57. The molecule has 0 heterocycles. The predicted molar refractivity (Wildman–Crippen MR) is 45.2 cm³/mol. The van der Waals surface area contributed by atoms with E-state index in [2.05, 4.69) is 13.0 Å². The summed E-state index contributed by atoms with van der Waals surface area (Å²) in [5.74, 6) is 0.549. The third kappa shape index (κ3) is 1.02. The highest BCUT2D eigenvalue weighted by Gasteiger charge is 2.42. The smallest absolute Gasteiger partial charge is 0.0754 e. The van der Waals surface area contributed by atoms with Crippen molar-refractivity contribution in [3.8, 4) is 0 Å². The number of aliphatic hydroxyl groups is 1. The van der Waals surface area contributed by atoms with Gasteiger partial charge in [-0.05, 0) is 30.6 Å². The predicted octanol–water partition coefficient (Wildman–Crippen LogP) is 2.11. The van der Waals surface area contributed by atoms with Gasteiger partial charge in [0.15, 0.2) is 0 Å². The molecule has 2 rings (SSSR count). The minimum Gasteiger partial charge on any atom is -0.389 e. The first kappa shape index (κ1) is 7.35. The highest BCUT2D eigenvalue weighted by molar-refractivity contribution is 5.08. The summed E-state index contributed by atoms with van der Waals surface area (Å²) in [6, 6.07) is 0. The lowest BCUT2D eigenvalue weighted by Gasteiger charge is -2.36. The molecule has 2 aliphatic rings. The van der Waals surface area contributed by atoms with Crippen molar-refractivity contribution in [3.05, 3.63) is 12.2 Å². The maximum Gasteiger partial charge on any atom is 0.0754 e. The number of hydrogen-bond acceptors (Lipinski definition) is 1. The SMILES string of the molecule is C[C@]12CC=C[C@H](O)[C@@H]1CCC2. The minimum atomic E-state index is -0.156. The largest absolute Gasteiger partial charge is 0.389 e. The van der Waals surface area contributed by atoms with Crippen LogP contribution in [0.3, 0.4) is 0 Å². The fourth-order valence-electron chi connectivity index (χ4n) is 2.71. The van der Waals surface area contributed by atoms with Gasteiger partial charge in [-0.25, -0.2) is 0 Å². The van der Waals surface area contributed by atoms with Crippen LogP contribution in [-0.2, 0) is 0 Å². The van der Waals surface area contributed by atoms with Crippen molar-refractivity contribution in [1.29, 1.82) is 0 Å². The molecular formula is C10H16O. The second-order valence-electron chi connectivity index (χ2n) is 4.28. The number of fused-ring (bicyclic) bond motifs is 1. The van der Waals surface area contributed by atoms with Gasteiger partial charge in [0.25, 0.3) is 0 Å². The van der Waals surface area contributed by atoms with Crippen LogP contribution in [0.25, 0.3) is 0 Å². The van der Waals surface area contributed by atoms with Crippen LogP contribution in [0, 0.1) is 11.3 Å². The molecule has 0 radical (unpaired) electrons. The number of hydrogen-bond donors (Lipinski definition) is 1. The van der Waals surface area contributed by atoms with Crippen LogP contribution >= 0.6 is 0 Å². The van der Waals surface area contributed by atoms with E-state index in [1.54, 1.807) is 0 Å². The summed E-state index contributed by atoms with van der Waals surface area (Å²) >= 11 is 0. The molecule has 0 bridgehead atoms. The monoisotopic (exact) mass is 152 g/mol. The topological polar surface area (TPSA) is 20.2 Å². The highest BCUT2D eigenvalue weighted by Crippen LogP contribution is 2.49. The molecule has 0 saturated heterocycles. The Hall–Kier alpha value is -0.300. The molecular weight excluding hydrogens is 136 g/mol. The Balaban J connectivity index is 2.25. The number of aliphatic hydroxyl groups excluding tert-OH is 1. The molecule has 1 fully saturated rings. The van der Waals surface area contributed by atoms with Gasteiger partial charge in [-0.15, -0.1) is 0 Å². The molecule has 1 N–H and O–H groups in total. The van der Waals surface area contributed by atoms with Gasteiger partial charge in [0.2, 0.25) is 0 Å². The summed E-state index contributed by atoms with van der Waals surface area (Å²) in [6.07, 6.45) is 8.97. The normalized spacial score (nSPS) is 49.3. The lowest BCUT2D eigenvalue weighted by atomic mass is 9.71. The van der Waals surface area contributed by atoms with E-state index in [0.29, 0.717) is 11.3 Å². The van der Waals surface area contributed by atoms with Crippen molar-refractivity contribution in [2.45, 2.75) is 38.7 Å². The Morgan fingerprint density at radius 2 is 2.36 bits per heavy atom. The minimum absolute atomic E-state index is 0.156. The Morgan fingerprint density at radius 3 is 3.09 bits per heavy atom. The molecule has 0 aromatic rings. The van der Waals surface area contributed by atoms with Crippen molar-refractivity contribution >= 4 is 0 Å². The lowest BCUT2D eigenvalue weighted by Crippen LogP contribution is -2.33. The zero-order valence-corrected chi connectivity index (χ0v) is 7.09. The molecule has 1 heteroatoms. The summed E-state index contributed by atoms with van der Waals surface area (Å²) in [4.78, 5) is 0. The van der Waals surface area contributed by atoms with Crippen LogP contribution in [-0.4, -0.2) is 11.2 Å². The fourth-order valence-corrected chi connectivity index (χ4v) is 2.71. The van der Waals surface area contributed by atoms with Gasteiger partial charge >= 0.3 is 0 Å². The molecule has 0 unspecified atom stereocenters. The maximum absolute atomic E-state index is 9.66. The van der Waals surface area contributed by atoms with Crippen LogP contribution in [0.5, 0.6) is 0 Å². The van der Waals surface area contributed by atoms with Gasteiger partial charge in [-0.2, -0.15) is 0 Å².